The Morgan fingerprint density at radius 1 is 1.38 bits per heavy atom. The lowest BCUT2D eigenvalue weighted by atomic mass is 10.0. The second-order valence-electron chi connectivity index (χ2n) is 5.67. The Morgan fingerprint density at radius 2 is 2.17 bits per heavy atom. The van der Waals surface area contributed by atoms with Crippen molar-refractivity contribution in [2.75, 3.05) is 5.88 Å². The number of hydrogen-bond donors (Lipinski definition) is 0. The van der Waals surface area contributed by atoms with Crippen LogP contribution in [0.3, 0.4) is 0 Å². The number of carbonyl (C=O) groups is 1. The summed E-state index contributed by atoms with van der Waals surface area (Å²) in [6.07, 6.45) is 2.90. The van der Waals surface area contributed by atoms with Crippen molar-refractivity contribution in [3.05, 3.63) is 52.3 Å². The van der Waals surface area contributed by atoms with Gasteiger partial charge in [0, 0.05) is 36.5 Å². The lowest BCUT2D eigenvalue weighted by Gasteiger charge is -2.34. The normalized spacial score (nSPS) is 16.8. The van der Waals surface area contributed by atoms with E-state index in [9.17, 15) is 13.6 Å². The van der Waals surface area contributed by atoms with E-state index in [2.05, 4.69) is 5.10 Å². The van der Waals surface area contributed by atoms with Gasteiger partial charge in [-0.25, -0.2) is 8.78 Å². The number of benzene rings is 1. The van der Waals surface area contributed by atoms with Gasteiger partial charge >= 0.3 is 0 Å². The first-order valence-corrected chi connectivity index (χ1v) is 8.41. The lowest BCUT2D eigenvalue weighted by Crippen LogP contribution is -2.44. The first kappa shape index (κ1) is 17.2. The molecule has 4 nitrogen and oxygen atoms in total. The van der Waals surface area contributed by atoms with Crippen molar-refractivity contribution in [1.82, 2.24) is 14.7 Å². The molecule has 0 radical (unpaired) electrons. The van der Waals surface area contributed by atoms with Gasteiger partial charge in [-0.3, -0.25) is 9.48 Å². The van der Waals surface area contributed by atoms with Crippen molar-refractivity contribution in [1.29, 1.82) is 0 Å². The van der Waals surface area contributed by atoms with Gasteiger partial charge < -0.3 is 4.90 Å². The molecule has 24 heavy (non-hydrogen) atoms. The summed E-state index contributed by atoms with van der Waals surface area (Å²) in [5.41, 5.74) is 0.755. The Hall–Kier alpha value is -1.66. The number of fused-ring (bicyclic) bond motifs is 1. The average molecular weight is 374 g/mol. The first-order chi connectivity index (χ1) is 11.5. The topological polar surface area (TPSA) is 38.1 Å². The Kier molecular flexibility index (Phi) is 5.06. The Labute approximate surface area is 148 Å². The molecule has 1 atom stereocenters. The van der Waals surface area contributed by atoms with Crippen LogP contribution < -0.4 is 0 Å². The highest BCUT2D eigenvalue weighted by Crippen LogP contribution is 2.26. The summed E-state index contributed by atoms with van der Waals surface area (Å²) in [6.45, 7) is 0.433. The van der Waals surface area contributed by atoms with E-state index in [0.29, 0.717) is 19.4 Å². The van der Waals surface area contributed by atoms with Gasteiger partial charge in [-0.05, 0) is 24.6 Å². The number of carbonyl (C=O) groups excluding carboxylic acids is 1. The van der Waals surface area contributed by atoms with Crippen molar-refractivity contribution in [2.24, 2.45) is 0 Å². The van der Waals surface area contributed by atoms with E-state index < -0.39 is 11.6 Å². The molecule has 0 aliphatic carbocycles. The SMILES string of the molecule is O=C(CCl)N(Cc1c(F)ccc(Cl)c1F)C1CCn2nccc2C1. The van der Waals surface area contributed by atoms with E-state index in [0.717, 1.165) is 17.8 Å². The largest absolute Gasteiger partial charge is 0.334 e. The van der Waals surface area contributed by atoms with E-state index in [1.165, 1.54) is 4.90 Å². The van der Waals surface area contributed by atoms with E-state index in [1.54, 1.807) is 6.20 Å². The molecule has 2 aromatic rings. The van der Waals surface area contributed by atoms with Crippen LogP contribution in [0.1, 0.15) is 17.7 Å². The summed E-state index contributed by atoms with van der Waals surface area (Å²) in [7, 11) is 0. The molecule has 1 aliphatic heterocycles. The molecular weight excluding hydrogens is 359 g/mol. The number of amides is 1. The monoisotopic (exact) mass is 373 g/mol. The van der Waals surface area contributed by atoms with Crippen LogP contribution >= 0.6 is 23.2 Å². The minimum absolute atomic E-state index is 0.175. The standard InChI is InChI=1S/C16H15Cl2F2N3O/c17-8-15(24)22(9-12-14(19)2-1-13(18)16(12)20)10-4-6-23-11(7-10)3-5-21-23/h1-3,5,10H,4,6-9H2. The summed E-state index contributed by atoms with van der Waals surface area (Å²) in [5.74, 6) is -2.19. The fourth-order valence-electron chi connectivity index (χ4n) is 3.00. The minimum Gasteiger partial charge on any atom is -0.334 e. The van der Waals surface area contributed by atoms with E-state index >= 15 is 0 Å². The molecule has 0 saturated heterocycles. The molecule has 3 rings (SSSR count). The fourth-order valence-corrected chi connectivity index (χ4v) is 3.33. The van der Waals surface area contributed by atoms with Crippen molar-refractivity contribution < 1.29 is 13.6 Å². The molecule has 0 saturated carbocycles. The molecule has 1 aliphatic rings. The van der Waals surface area contributed by atoms with Crippen LogP contribution in [0.2, 0.25) is 5.02 Å². The molecule has 0 fully saturated rings. The number of aromatic nitrogens is 2. The highest BCUT2D eigenvalue weighted by atomic mass is 35.5. The zero-order valence-corrected chi connectivity index (χ0v) is 14.2. The number of hydrogen-bond acceptors (Lipinski definition) is 2. The number of halogens is 4. The van der Waals surface area contributed by atoms with Crippen LogP contribution in [0, 0.1) is 11.6 Å². The molecular formula is C16H15Cl2F2N3O. The van der Waals surface area contributed by atoms with E-state index in [-0.39, 0.29) is 35.0 Å². The molecule has 8 heteroatoms. The summed E-state index contributed by atoms with van der Waals surface area (Å²) in [4.78, 5) is 13.7. The summed E-state index contributed by atoms with van der Waals surface area (Å²) in [5, 5.41) is 4.01. The second kappa shape index (κ2) is 7.07. The molecule has 1 aromatic carbocycles. The van der Waals surface area contributed by atoms with Crippen LogP contribution in [0.25, 0.3) is 0 Å². The second-order valence-corrected chi connectivity index (χ2v) is 6.34. The third kappa shape index (κ3) is 3.26. The van der Waals surface area contributed by atoms with Crippen LogP contribution in [-0.2, 0) is 24.3 Å². The highest BCUT2D eigenvalue weighted by Gasteiger charge is 2.29. The van der Waals surface area contributed by atoms with E-state index in [1.807, 2.05) is 10.7 Å². The molecule has 0 bridgehead atoms. The molecule has 1 unspecified atom stereocenters. The predicted octanol–water partition coefficient (Wildman–Crippen LogP) is 3.40. The average Bonchev–Trinajstić information content (AvgIpc) is 3.05. The lowest BCUT2D eigenvalue weighted by molar-refractivity contribution is -0.132. The van der Waals surface area contributed by atoms with Crippen molar-refractivity contribution in [2.45, 2.75) is 32.0 Å². The minimum atomic E-state index is -0.843. The van der Waals surface area contributed by atoms with Crippen LogP contribution in [0.4, 0.5) is 8.78 Å². The van der Waals surface area contributed by atoms with Gasteiger partial charge in [0.15, 0.2) is 0 Å². The maximum atomic E-state index is 14.2. The van der Waals surface area contributed by atoms with Crippen LogP contribution in [0.15, 0.2) is 24.4 Å². The summed E-state index contributed by atoms with van der Waals surface area (Å²) in [6, 6.07) is 3.93. The Morgan fingerprint density at radius 3 is 2.92 bits per heavy atom. The summed E-state index contributed by atoms with van der Waals surface area (Å²) < 4.78 is 30.1. The number of alkyl halides is 1. The molecule has 0 spiro atoms. The zero-order valence-electron chi connectivity index (χ0n) is 12.7. The predicted molar refractivity (Wildman–Crippen MR) is 87.0 cm³/mol. The maximum Gasteiger partial charge on any atom is 0.238 e. The maximum absolute atomic E-state index is 14.2. The van der Waals surface area contributed by atoms with Gasteiger partial charge in [-0.15, -0.1) is 11.6 Å². The van der Waals surface area contributed by atoms with Crippen molar-refractivity contribution in [3.63, 3.8) is 0 Å². The van der Waals surface area contributed by atoms with Gasteiger partial charge in [0.25, 0.3) is 0 Å². The van der Waals surface area contributed by atoms with Crippen molar-refractivity contribution >= 4 is 29.1 Å². The molecule has 0 N–H and O–H groups in total. The Balaban J connectivity index is 1.89. The molecule has 1 amide bonds. The number of nitrogens with zero attached hydrogens (tertiary/aromatic N) is 3. The number of aryl methyl sites for hydroxylation is 1. The summed E-state index contributed by atoms with van der Waals surface area (Å²) >= 11 is 11.4. The highest BCUT2D eigenvalue weighted by molar-refractivity contribution is 6.30. The third-order valence-electron chi connectivity index (χ3n) is 4.27. The van der Waals surface area contributed by atoms with Gasteiger partial charge in [0.05, 0.1) is 11.6 Å². The quantitative estimate of drug-likeness (QED) is 0.608. The van der Waals surface area contributed by atoms with Gasteiger partial charge in [-0.1, -0.05) is 11.6 Å². The Bertz CT molecular complexity index is 766. The zero-order chi connectivity index (χ0) is 17.3. The number of rotatable bonds is 4. The molecule has 2 heterocycles. The smallest absolute Gasteiger partial charge is 0.238 e. The van der Waals surface area contributed by atoms with Gasteiger partial charge in [0.2, 0.25) is 5.91 Å². The molecule has 1 aromatic heterocycles. The van der Waals surface area contributed by atoms with Crippen LogP contribution in [0.5, 0.6) is 0 Å². The fraction of sp³-hybridized carbons (Fsp3) is 0.375. The van der Waals surface area contributed by atoms with Crippen LogP contribution in [-0.4, -0.2) is 32.5 Å². The van der Waals surface area contributed by atoms with Gasteiger partial charge in [0.1, 0.15) is 17.5 Å². The molecule has 128 valence electrons. The first-order valence-electron chi connectivity index (χ1n) is 7.49. The third-order valence-corrected chi connectivity index (χ3v) is 4.79. The van der Waals surface area contributed by atoms with Gasteiger partial charge in [-0.2, -0.15) is 5.10 Å². The van der Waals surface area contributed by atoms with E-state index in [4.69, 9.17) is 23.2 Å². The van der Waals surface area contributed by atoms with Crippen molar-refractivity contribution in [3.8, 4) is 0 Å².